The molecule has 0 aliphatic heterocycles. The number of methoxy groups -OCH3 is 1. The number of benzene rings is 1. The van der Waals surface area contributed by atoms with Gasteiger partial charge in [-0.25, -0.2) is 14.5 Å². The topological polar surface area (TPSA) is 77.2 Å². The fourth-order valence-corrected chi connectivity index (χ4v) is 1.71. The number of hydrogen-bond donors (Lipinski definition) is 1. The van der Waals surface area contributed by atoms with E-state index in [9.17, 15) is 9.90 Å². The van der Waals surface area contributed by atoms with Gasteiger partial charge in [0.25, 0.3) is 5.82 Å². The molecule has 0 atom stereocenters. The van der Waals surface area contributed by atoms with Crippen molar-refractivity contribution in [1.29, 1.82) is 0 Å². The molecule has 0 spiro atoms. The van der Waals surface area contributed by atoms with E-state index in [4.69, 9.17) is 11.6 Å². The van der Waals surface area contributed by atoms with E-state index < -0.39 is 5.97 Å². The van der Waals surface area contributed by atoms with Gasteiger partial charge < -0.3 is 9.84 Å². The molecule has 1 heterocycles. The SMILES string of the molecule is COC(=O)c1ncn(-c2cccc(Cl)c2CO)n1. The molecule has 0 aliphatic carbocycles. The lowest BCUT2D eigenvalue weighted by Gasteiger charge is -2.07. The second kappa shape index (κ2) is 5.16. The smallest absolute Gasteiger partial charge is 0.377 e. The second-order valence-electron chi connectivity index (χ2n) is 3.40. The molecule has 0 saturated carbocycles. The molecule has 0 saturated heterocycles. The number of nitrogens with zero attached hydrogens (tertiary/aromatic N) is 3. The van der Waals surface area contributed by atoms with Crippen LogP contribution in [0.5, 0.6) is 0 Å². The van der Waals surface area contributed by atoms with Crippen LogP contribution in [0.4, 0.5) is 0 Å². The maximum atomic E-state index is 11.2. The third-order valence-electron chi connectivity index (χ3n) is 2.36. The average molecular weight is 268 g/mol. The van der Waals surface area contributed by atoms with Gasteiger partial charge in [-0.3, -0.25) is 0 Å². The second-order valence-corrected chi connectivity index (χ2v) is 3.81. The lowest BCUT2D eigenvalue weighted by Crippen LogP contribution is -2.06. The maximum Gasteiger partial charge on any atom is 0.377 e. The van der Waals surface area contributed by atoms with E-state index in [1.165, 1.54) is 18.1 Å². The highest BCUT2D eigenvalue weighted by atomic mass is 35.5. The van der Waals surface area contributed by atoms with Gasteiger partial charge in [-0.05, 0) is 12.1 Å². The van der Waals surface area contributed by atoms with Crippen molar-refractivity contribution in [2.75, 3.05) is 7.11 Å². The molecule has 2 aromatic rings. The van der Waals surface area contributed by atoms with Crippen LogP contribution in [0.3, 0.4) is 0 Å². The number of hydrogen-bond acceptors (Lipinski definition) is 5. The minimum absolute atomic E-state index is 0.0543. The molecule has 94 valence electrons. The Morgan fingerprint density at radius 3 is 3.00 bits per heavy atom. The van der Waals surface area contributed by atoms with E-state index in [1.54, 1.807) is 18.2 Å². The molecular weight excluding hydrogens is 258 g/mol. The number of ether oxygens (including phenoxy) is 1. The van der Waals surface area contributed by atoms with Gasteiger partial charge in [0.2, 0.25) is 0 Å². The van der Waals surface area contributed by atoms with Gasteiger partial charge >= 0.3 is 5.97 Å². The van der Waals surface area contributed by atoms with Gasteiger partial charge in [0.15, 0.2) is 0 Å². The van der Waals surface area contributed by atoms with Crippen LogP contribution in [-0.4, -0.2) is 33.0 Å². The van der Waals surface area contributed by atoms with E-state index in [1.807, 2.05) is 0 Å². The molecule has 0 bridgehead atoms. The Hall–Kier alpha value is -1.92. The Bertz CT molecular complexity index is 583. The van der Waals surface area contributed by atoms with Crippen LogP contribution < -0.4 is 0 Å². The van der Waals surface area contributed by atoms with E-state index in [0.717, 1.165) is 0 Å². The minimum atomic E-state index is -0.624. The zero-order chi connectivity index (χ0) is 13.1. The minimum Gasteiger partial charge on any atom is -0.463 e. The van der Waals surface area contributed by atoms with Gasteiger partial charge in [-0.15, -0.1) is 5.10 Å². The molecule has 18 heavy (non-hydrogen) atoms. The monoisotopic (exact) mass is 267 g/mol. The van der Waals surface area contributed by atoms with E-state index in [0.29, 0.717) is 16.3 Å². The van der Waals surface area contributed by atoms with Crippen molar-refractivity contribution in [3.63, 3.8) is 0 Å². The molecule has 2 rings (SSSR count). The van der Waals surface area contributed by atoms with E-state index >= 15 is 0 Å². The lowest BCUT2D eigenvalue weighted by molar-refractivity contribution is 0.0587. The first-order valence-electron chi connectivity index (χ1n) is 5.06. The first-order valence-corrected chi connectivity index (χ1v) is 5.43. The zero-order valence-corrected chi connectivity index (χ0v) is 10.3. The lowest BCUT2D eigenvalue weighted by atomic mass is 10.2. The summed E-state index contributed by atoms with van der Waals surface area (Å²) < 4.78 is 5.88. The fraction of sp³-hybridized carbons (Fsp3) is 0.182. The van der Waals surface area contributed by atoms with Crippen molar-refractivity contribution in [1.82, 2.24) is 14.8 Å². The van der Waals surface area contributed by atoms with Crippen molar-refractivity contribution in [2.24, 2.45) is 0 Å². The Kier molecular flexibility index (Phi) is 3.59. The van der Waals surface area contributed by atoms with Crippen LogP contribution in [0.25, 0.3) is 5.69 Å². The van der Waals surface area contributed by atoms with Crippen LogP contribution in [-0.2, 0) is 11.3 Å². The van der Waals surface area contributed by atoms with Crippen LogP contribution in [0.15, 0.2) is 24.5 Å². The number of rotatable bonds is 3. The Balaban J connectivity index is 2.46. The molecule has 0 fully saturated rings. The molecule has 1 aromatic heterocycles. The molecule has 0 aliphatic rings. The normalized spacial score (nSPS) is 10.4. The number of halogens is 1. The molecule has 0 radical (unpaired) electrons. The first kappa shape index (κ1) is 12.5. The molecule has 0 unspecified atom stereocenters. The Morgan fingerprint density at radius 1 is 1.56 bits per heavy atom. The number of aromatic nitrogens is 3. The Morgan fingerprint density at radius 2 is 2.33 bits per heavy atom. The van der Waals surface area contributed by atoms with Gasteiger partial charge in [-0.1, -0.05) is 17.7 Å². The van der Waals surface area contributed by atoms with Crippen LogP contribution in [0, 0.1) is 0 Å². The quantitative estimate of drug-likeness (QED) is 0.846. The summed E-state index contributed by atoms with van der Waals surface area (Å²) >= 11 is 5.96. The molecule has 6 nitrogen and oxygen atoms in total. The predicted molar refractivity (Wildman–Crippen MR) is 63.6 cm³/mol. The largest absolute Gasteiger partial charge is 0.463 e. The molecule has 0 amide bonds. The zero-order valence-electron chi connectivity index (χ0n) is 9.50. The number of aliphatic hydroxyl groups is 1. The van der Waals surface area contributed by atoms with Crippen molar-refractivity contribution >= 4 is 17.6 Å². The van der Waals surface area contributed by atoms with Crippen molar-refractivity contribution < 1.29 is 14.6 Å². The number of carbonyl (C=O) groups excluding carboxylic acids is 1. The Labute approximate surface area is 108 Å². The van der Waals surface area contributed by atoms with Crippen molar-refractivity contribution in [3.8, 4) is 5.69 Å². The van der Waals surface area contributed by atoms with E-state index in [2.05, 4.69) is 14.8 Å². The summed E-state index contributed by atoms with van der Waals surface area (Å²) in [7, 11) is 1.25. The van der Waals surface area contributed by atoms with Crippen molar-refractivity contribution in [2.45, 2.75) is 6.61 Å². The summed E-state index contributed by atoms with van der Waals surface area (Å²) in [6, 6.07) is 5.10. The summed E-state index contributed by atoms with van der Waals surface area (Å²) in [4.78, 5) is 15.1. The summed E-state index contributed by atoms with van der Waals surface area (Å²) in [5, 5.41) is 13.7. The number of carbonyl (C=O) groups is 1. The fourth-order valence-electron chi connectivity index (χ4n) is 1.48. The third-order valence-corrected chi connectivity index (χ3v) is 2.71. The van der Waals surface area contributed by atoms with Crippen LogP contribution in [0.1, 0.15) is 16.2 Å². The van der Waals surface area contributed by atoms with Gasteiger partial charge in [0.1, 0.15) is 6.33 Å². The summed E-state index contributed by atoms with van der Waals surface area (Å²) in [5.41, 5.74) is 1.08. The summed E-state index contributed by atoms with van der Waals surface area (Å²) in [6.45, 7) is -0.234. The average Bonchev–Trinajstić information content (AvgIpc) is 2.87. The molecule has 7 heteroatoms. The van der Waals surface area contributed by atoms with Gasteiger partial charge in [-0.2, -0.15) is 0 Å². The van der Waals surface area contributed by atoms with Gasteiger partial charge in [0.05, 0.1) is 19.4 Å². The highest BCUT2D eigenvalue weighted by Crippen LogP contribution is 2.22. The van der Waals surface area contributed by atoms with Crippen molar-refractivity contribution in [3.05, 3.63) is 40.9 Å². The first-order chi connectivity index (χ1) is 8.67. The summed E-state index contributed by atoms with van der Waals surface area (Å²) in [5.74, 6) is -0.678. The molecule has 1 aromatic carbocycles. The van der Waals surface area contributed by atoms with Crippen LogP contribution in [0.2, 0.25) is 5.02 Å². The summed E-state index contributed by atoms with van der Waals surface area (Å²) in [6.07, 6.45) is 1.36. The third kappa shape index (κ3) is 2.20. The molecular formula is C11H10ClN3O3. The van der Waals surface area contributed by atoms with Gasteiger partial charge in [0, 0.05) is 10.6 Å². The maximum absolute atomic E-state index is 11.2. The number of aliphatic hydroxyl groups excluding tert-OH is 1. The predicted octanol–water partition coefficient (Wildman–Crippen LogP) is 1.20. The number of esters is 1. The standard InChI is InChI=1S/C11H10ClN3O3/c1-18-11(17)10-13-6-15(14-10)9-4-2-3-8(12)7(9)5-16/h2-4,6,16H,5H2,1H3. The molecule has 1 N–H and O–H groups in total. The van der Waals surface area contributed by atoms with E-state index in [-0.39, 0.29) is 12.4 Å². The highest BCUT2D eigenvalue weighted by Gasteiger charge is 2.14. The highest BCUT2D eigenvalue weighted by molar-refractivity contribution is 6.31. The van der Waals surface area contributed by atoms with Crippen LogP contribution >= 0.6 is 11.6 Å².